The zero-order valence-corrected chi connectivity index (χ0v) is 19.9. The fourth-order valence-electron chi connectivity index (χ4n) is 3.68. The van der Waals surface area contributed by atoms with Gasteiger partial charge in [0.25, 0.3) is 5.91 Å². The van der Waals surface area contributed by atoms with E-state index >= 15 is 0 Å². The first kappa shape index (κ1) is 22.1. The highest BCUT2D eigenvalue weighted by atomic mass is 32.1. The average Bonchev–Trinajstić information content (AvgIpc) is 3.33. The van der Waals surface area contributed by atoms with Gasteiger partial charge in [0.2, 0.25) is 0 Å². The van der Waals surface area contributed by atoms with Crippen LogP contribution in [0.25, 0.3) is 10.2 Å². The Hall–Kier alpha value is -2.07. The van der Waals surface area contributed by atoms with Gasteiger partial charge in [0.1, 0.15) is 10.6 Å². The number of anilines is 1. The van der Waals surface area contributed by atoms with Crippen molar-refractivity contribution in [2.24, 2.45) is 0 Å². The highest BCUT2D eigenvalue weighted by Gasteiger charge is 2.25. The van der Waals surface area contributed by atoms with Crippen LogP contribution in [0.4, 0.5) is 5.13 Å². The average molecular weight is 461 g/mol. The molecule has 1 aromatic carbocycles. The molecule has 0 atom stereocenters. The first-order valence-electron chi connectivity index (χ1n) is 10.6. The molecule has 166 valence electrons. The van der Waals surface area contributed by atoms with E-state index in [4.69, 9.17) is 14.5 Å². The molecule has 4 rings (SSSR count). The van der Waals surface area contributed by atoms with Gasteiger partial charge in [-0.1, -0.05) is 11.3 Å². The Morgan fingerprint density at radius 1 is 1.23 bits per heavy atom. The predicted molar refractivity (Wildman–Crippen MR) is 126 cm³/mol. The molecule has 2 aromatic heterocycles. The summed E-state index contributed by atoms with van der Waals surface area (Å²) in [5.74, 6) is 0.804. The lowest BCUT2D eigenvalue weighted by Crippen LogP contribution is -2.39. The minimum Gasteiger partial charge on any atom is -0.494 e. The lowest BCUT2D eigenvalue weighted by Gasteiger charge is -2.27. The second kappa shape index (κ2) is 10.0. The van der Waals surface area contributed by atoms with Gasteiger partial charge in [-0.3, -0.25) is 14.6 Å². The summed E-state index contributed by atoms with van der Waals surface area (Å²) in [6.45, 7) is 11.4. The summed E-state index contributed by atoms with van der Waals surface area (Å²) in [6, 6.07) is 5.88. The van der Waals surface area contributed by atoms with Gasteiger partial charge in [0.15, 0.2) is 5.13 Å². The molecular weight excluding hydrogens is 432 g/mol. The Morgan fingerprint density at radius 3 is 2.74 bits per heavy atom. The monoisotopic (exact) mass is 460 g/mol. The quantitative estimate of drug-likeness (QED) is 0.503. The summed E-state index contributed by atoms with van der Waals surface area (Å²) in [6.07, 6.45) is 0.878. The molecule has 0 aliphatic carbocycles. The van der Waals surface area contributed by atoms with Crippen molar-refractivity contribution in [1.29, 1.82) is 0 Å². The van der Waals surface area contributed by atoms with Crippen molar-refractivity contribution >= 4 is 43.9 Å². The molecule has 0 bridgehead atoms. The summed E-state index contributed by atoms with van der Waals surface area (Å²) in [7, 11) is 0. The van der Waals surface area contributed by atoms with Crippen molar-refractivity contribution in [2.45, 2.75) is 27.2 Å². The summed E-state index contributed by atoms with van der Waals surface area (Å²) in [5, 5.41) is 1.63. The zero-order valence-electron chi connectivity index (χ0n) is 18.2. The van der Waals surface area contributed by atoms with Gasteiger partial charge in [0.05, 0.1) is 40.7 Å². The van der Waals surface area contributed by atoms with Gasteiger partial charge in [0, 0.05) is 26.2 Å². The number of thiazole rings is 2. The maximum atomic E-state index is 13.5. The third-order valence-electron chi connectivity index (χ3n) is 5.19. The SMILES string of the molecule is CCOc1ccc2nc(N(CCCN3CCOCC3)C(=O)c3sc(C)nc3C)sc2c1. The van der Waals surface area contributed by atoms with Crippen molar-refractivity contribution < 1.29 is 14.3 Å². The van der Waals surface area contributed by atoms with Crippen LogP contribution in [0.1, 0.15) is 33.7 Å². The van der Waals surface area contributed by atoms with Crippen LogP contribution in [0.2, 0.25) is 0 Å². The van der Waals surface area contributed by atoms with Gasteiger partial charge in [-0.15, -0.1) is 11.3 Å². The van der Waals surface area contributed by atoms with Crippen molar-refractivity contribution in [3.05, 3.63) is 33.8 Å². The van der Waals surface area contributed by atoms with E-state index in [2.05, 4.69) is 9.88 Å². The van der Waals surface area contributed by atoms with E-state index < -0.39 is 0 Å². The number of amides is 1. The Morgan fingerprint density at radius 2 is 2.03 bits per heavy atom. The molecule has 0 radical (unpaired) electrons. The van der Waals surface area contributed by atoms with E-state index in [0.717, 1.165) is 71.1 Å². The fraction of sp³-hybridized carbons (Fsp3) is 0.500. The Bertz CT molecular complexity index is 1040. The van der Waals surface area contributed by atoms with E-state index in [1.165, 1.54) is 22.7 Å². The number of hydrogen-bond acceptors (Lipinski definition) is 8. The molecule has 1 aliphatic rings. The third-order valence-corrected chi connectivity index (χ3v) is 7.30. The molecule has 1 amide bonds. The molecule has 1 saturated heterocycles. The smallest absolute Gasteiger partial charge is 0.272 e. The maximum absolute atomic E-state index is 13.5. The number of carbonyl (C=O) groups excluding carboxylic acids is 1. The molecule has 0 spiro atoms. The van der Waals surface area contributed by atoms with Crippen LogP contribution < -0.4 is 9.64 Å². The number of benzene rings is 1. The zero-order chi connectivity index (χ0) is 21.8. The van der Waals surface area contributed by atoms with Crippen LogP contribution in [0.15, 0.2) is 18.2 Å². The van der Waals surface area contributed by atoms with Crippen LogP contribution >= 0.6 is 22.7 Å². The first-order valence-corrected chi connectivity index (χ1v) is 12.3. The summed E-state index contributed by atoms with van der Waals surface area (Å²) in [4.78, 5) is 27.7. The van der Waals surface area contributed by atoms with Gasteiger partial charge < -0.3 is 9.47 Å². The van der Waals surface area contributed by atoms with Crippen LogP contribution in [0.3, 0.4) is 0 Å². The standard InChI is InChI=1S/C22H28N4O3S2/c1-4-29-17-6-7-18-19(14-17)31-22(24-18)26(9-5-8-25-10-12-28-13-11-25)21(27)20-15(2)23-16(3)30-20/h6-7,14H,4-5,8-13H2,1-3H3. The largest absolute Gasteiger partial charge is 0.494 e. The van der Waals surface area contributed by atoms with Crippen LogP contribution in [-0.4, -0.2) is 66.8 Å². The molecule has 1 fully saturated rings. The molecule has 1 aliphatic heterocycles. The van der Waals surface area contributed by atoms with Crippen LogP contribution in [-0.2, 0) is 4.74 Å². The summed E-state index contributed by atoms with van der Waals surface area (Å²) in [5.41, 5.74) is 1.66. The maximum Gasteiger partial charge on any atom is 0.272 e. The number of fused-ring (bicyclic) bond motifs is 1. The molecule has 0 saturated carbocycles. The number of aromatic nitrogens is 2. The number of nitrogens with zero attached hydrogens (tertiary/aromatic N) is 4. The van der Waals surface area contributed by atoms with Crippen LogP contribution in [0, 0.1) is 13.8 Å². The lowest BCUT2D eigenvalue weighted by atomic mass is 10.3. The van der Waals surface area contributed by atoms with Crippen molar-refractivity contribution in [2.75, 3.05) is 50.9 Å². The van der Waals surface area contributed by atoms with E-state index in [-0.39, 0.29) is 5.91 Å². The minimum absolute atomic E-state index is 0.0193. The van der Waals surface area contributed by atoms with Gasteiger partial charge >= 0.3 is 0 Å². The minimum atomic E-state index is -0.0193. The van der Waals surface area contributed by atoms with Gasteiger partial charge in [-0.05, 0) is 45.4 Å². The molecule has 31 heavy (non-hydrogen) atoms. The third kappa shape index (κ3) is 5.23. The molecule has 3 aromatic rings. The second-order valence-electron chi connectivity index (χ2n) is 7.47. The summed E-state index contributed by atoms with van der Waals surface area (Å²) < 4.78 is 12.1. The molecular formula is C22H28N4O3S2. The summed E-state index contributed by atoms with van der Waals surface area (Å²) >= 11 is 2.98. The van der Waals surface area contributed by atoms with Crippen molar-refractivity contribution in [3.8, 4) is 5.75 Å². The molecule has 7 nitrogen and oxygen atoms in total. The van der Waals surface area contributed by atoms with Gasteiger partial charge in [-0.25, -0.2) is 9.97 Å². The molecule has 3 heterocycles. The Kier molecular flexibility index (Phi) is 7.16. The molecule has 0 unspecified atom stereocenters. The first-order chi connectivity index (χ1) is 15.0. The van der Waals surface area contributed by atoms with E-state index in [0.29, 0.717) is 18.0 Å². The Balaban J connectivity index is 1.58. The van der Waals surface area contributed by atoms with E-state index in [1.54, 1.807) is 0 Å². The van der Waals surface area contributed by atoms with Crippen molar-refractivity contribution in [3.63, 3.8) is 0 Å². The highest BCUT2D eigenvalue weighted by Crippen LogP contribution is 2.33. The Labute approximate surface area is 190 Å². The lowest BCUT2D eigenvalue weighted by molar-refractivity contribution is 0.0376. The van der Waals surface area contributed by atoms with E-state index in [1.807, 2.05) is 43.9 Å². The number of hydrogen-bond donors (Lipinski definition) is 0. The van der Waals surface area contributed by atoms with E-state index in [9.17, 15) is 4.79 Å². The number of ether oxygens (including phenoxy) is 2. The normalized spacial score (nSPS) is 14.8. The number of carbonyl (C=O) groups is 1. The fourth-order valence-corrected chi connectivity index (χ4v) is 5.57. The topological polar surface area (TPSA) is 67.8 Å². The second-order valence-corrected chi connectivity index (χ2v) is 9.68. The molecule has 0 N–H and O–H groups in total. The number of morpholine rings is 1. The van der Waals surface area contributed by atoms with Gasteiger partial charge in [-0.2, -0.15) is 0 Å². The predicted octanol–water partition coefficient (Wildman–Crippen LogP) is 4.14. The number of rotatable bonds is 8. The van der Waals surface area contributed by atoms with Crippen LogP contribution in [0.5, 0.6) is 5.75 Å². The van der Waals surface area contributed by atoms with Crippen molar-refractivity contribution in [1.82, 2.24) is 14.9 Å². The molecule has 9 heteroatoms. The number of aryl methyl sites for hydroxylation is 2. The highest BCUT2D eigenvalue weighted by molar-refractivity contribution is 7.22.